The smallest absolute Gasteiger partial charge is 0.191 e. The van der Waals surface area contributed by atoms with Crippen molar-refractivity contribution >= 4 is 75.7 Å². The number of aryl methyl sites for hydroxylation is 1. The van der Waals surface area contributed by atoms with Gasteiger partial charge in [-0.3, -0.25) is 0 Å². The number of unbranched alkanes of at least 4 members (excludes halogenated alkanes) is 3. The van der Waals surface area contributed by atoms with Crippen molar-refractivity contribution in [3.63, 3.8) is 0 Å². The fraction of sp³-hybridized carbons (Fsp3) is 0.182. The summed E-state index contributed by atoms with van der Waals surface area (Å²) in [4.78, 5) is 0. The Morgan fingerprint density at radius 3 is 1.56 bits per heavy atom. The van der Waals surface area contributed by atoms with E-state index in [0.717, 1.165) is 6.54 Å². The normalized spacial score (nSPS) is 12.9. The molecule has 7 aromatic carbocycles. The highest BCUT2D eigenvalue weighted by atomic mass is 15.0. The van der Waals surface area contributed by atoms with E-state index >= 15 is 0 Å². The number of aromatic nitrogens is 1. The molecule has 0 atom stereocenters. The van der Waals surface area contributed by atoms with Gasteiger partial charge >= 0.3 is 0 Å². The van der Waals surface area contributed by atoms with Gasteiger partial charge in [-0.15, -0.1) is 0 Å². The van der Waals surface area contributed by atoms with Gasteiger partial charge in [-0.05, 0) is 56.3 Å². The molecule has 0 aliphatic heterocycles. The summed E-state index contributed by atoms with van der Waals surface area (Å²) < 4.78 is 2.63. The van der Waals surface area contributed by atoms with Crippen molar-refractivity contribution in [2.45, 2.75) is 39.2 Å². The van der Waals surface area contributed by atoms with Gasteiger partial charge in [0, 0.05) is 34.7 Å². The maximum absolute atomic E-state index is 2.63. The van der Waals surface area contributed by atoms with Crippen LogP contribution >= 0.6 is 0 Å². The van der Waals surface area contributed by atoms with Crippen LogP contribution in [0.5, 0.6) is 0 Å². The van der Waals surface area contributed by atoms with E-state index in [1.807, 2.05) is 0 Å². The van der Waals surface area contributed by atoms with Gasteiger partial charge in [0.15, 0.2) is 0 Å². The molecule has 0 aliphatic rings. The van der Waals surface area contributed by atoms with Crippen LogP contribution < -0.4 is 4.57 Å². The maximum Gasteiger partial charge on any atom is 0.214 e. The third kappa shape index (κ3) is 2.18. The van der Waals surface area contributed by atoms with E-state index in [1.165, 1.54) is 101 Å². The molecular formula is C33H26N+. The Morgan fingerprint density at radius 2 is 1.00 bits per heavy atom. The quantitative estimate of drug-likeness (QED) is 0.110. The Labute approximate surface area is 198 Å². The van der Waals surface area contributed by atoms with Crippen LogP contribution in [0, 0.1) is 0 Å². The van der Waals surface area contributed by atoms with Crippen molar-refractivity contribution in [1.29, 1.82) is 0 Å². The number of hydrogen-bond donors (Lipinski definition) is 0. The second kappa shape index (κ2) is 6.67. The summed E-state index contributed by atoms with van der Waals surface area (Å²) in [6, 6.07) is 30.0. The maximum atomic E-state index is 2.63. The van der Waals surface area contributed by atoms with E-state index in [9.17, 15) is 0 Å². The summed E-state index contributed by atoms with van der Waals surface area (Å²) in [5.74, 6) is 0. The Kier molecular flexibility index (Phi) is 3.67. The average molecular weight is 437 g/mol. The van der Waals surface area contributed by atoms with Gasteiger partial charge in [0.2, 0.25) is 11.0 Å². The van der Waals surface area contributed by atoms with Gasteiger partial charge in [-0.1, -0.05) is 74.4 Å². The standard InChI is InChI=1S/C33H26N/c1-2-3-4-5-19-34-26-17-15-20-9-6-11-22-24-13-8-14-25-23-12-7-10-21-16-18-27(34)32(29(21)23)33(30(24)25)31(26)28(20)22/h6-18H,2-5,19H2,1H3/q+1. The molecule has 0 amide bonds. The topological polar surface area (TPSA) is 3.88 Å². The highest BCUT2D eigenvalue weighted by Crippen LogP contribution is 2.49. The molecule has 1 aromatic heterocycles. The summed E-state index contributed by atoms with van der Waals surface area (Å²) in [5, 5.41) is 16.9. The van der Waals surface area contributed by atoms with Crippen molar-refractivity contribution in [2.75, 3.05) is 0 Å². The minimum atomic E-state index is 1.07. The molecule has 1 heterocycles. The van der Waals surface area contributed by atoms with E-state index in [4.69, 9.17) is 0 Å². The molecule has 0 spiro atoms. The summed E-state index contributed by atoms with van der Waals surface area (Å²) in [5.41, 5.74) is 2.77. The third-order valence-corrected chi connectivity index (χ3v) is 8.26. The van der Waals surface area contributed by atoms with Crippen LogP contribution in [-0.2, 0) is 6.54 Å². The molecule has 0 radical (unpaired) electrons. The first-order chi connectivity index (χ1) is 16.9. The van der Waals surface area contributed by atoms with Crippen LogP contribution in [0.3, 0.4) is 0 Å². The Morgan fingerprint density at radius 1 is 0.471 bits per heavy atom. The zero-order valence-corrected chi connectivity index (χ0v) is 19.5. The first kappa shape index (κ1) is 18.7. The lowest BCUT2D eigenvalue weighted by Gasteiger charge is -2.21. The first-order valence-corrected chi connectivity index (χ1v) is 12.8. The lowest BCUT2D eigenvalue weighted by molar-refractivity contribution is -0.645. The lowest BCUT2D eigenvalue weighted by atomic mass is 9.83. The van der Waals surface area contributed by atoms with Crippen LogP contribution in [0.4, 0.5) is 0 Å². The van der Waals surface area contributed by atoms with Crippen molar-refractivity contribution < 1.29 is 4.57 Å². The van der Waals surface area contributed by atoms with Gasteiger partial charge in [-0.2, -0.15) is 4.57 Å². The van der Waals surface area contributed by atoms with E-state index in [0.29, 0.717) is 0 Å². The average Bonchev–Trinajstić information content (AvgIpc) is 2.89. The van der Waals surface area contributed by atoms with Gasteiger partial charge in [0.05, 0.1) is 10.8 Å². The molecule has 0 unspecified atom stereocenters. The van der Waals surface area contributed by atoms with Crippen LogP contribution in [0.1, 0.15) is 32.6 Å². The van der Waals surface area contributed by atoms with Crippen LogP contribution in [-0.4, -0.2) is 0 Å². The molecule has 0 saturated heterocycles. The molecule has 0 aliphatic carbocycles. The molecule has 0 bridgehead atoms. The predicted octanol–water partition coefficient (Wildman–Crippen LogP) is 8.94. The van der Waals surface area contributed by atoms with Crippen molar-refractivity contribution in [3.8, 4) is 0 Å². The van der Waals surface area contributed by atoms with Crippen molar-refractivity contribution in [1.82, 2.24) is 0 Å². The summed E-state index contributed by atoms with van der Waals surface area (Å²) >= 11 is 0. The number of benzene rings is 7. The monoisotopic (exact) mass is 436 g/mol. The van der Waals surface area contributed by atoms with Crippen molar-refractivity contribution in [2.24, 2.45) is 0 Å². The summed E-state index contributed by atoms with van der Waals surface area (Å²) in [6.07, 6.45) is 5.10. The molecule has 0 N–H and O–H groups in total. The Hall–Kier alpha value is -3.71. The van der Waals surface area contributed by atoms with Gasteiger partial charge < -0.3 is 0 Å². The lowest BCUT2D eigenvalue weighted by Crippen LogP contribution is -2.36. The van der Waals surface area contributed by atoms with Crippen molar-refractivity contribution in [3.05, 3.63) is 78.9 Å². The van der Waals surface area contributed by atoms with Gasteiger partial charge in [-0.25, -0.2) is 0 Å². The largest absolute Gasteiger partial charge is 0.214 e. The van der Waals surface area contributed by atoms with Gasteiger partial charge in [0.25, 0.3) is 0 Å². The molecule has 1 nitrogen and oxygen atoms in total. The SMILES string of the molecule is CCCCCC[n+]1c2ccc3cccc4c5cccc6c7cccc8ccc1c(c87)c(c56)c2c34. The third-order valence-electron chi connectivity index (χ3n) is 8.26. The van der Waals surface area contributed by atoms with Crippen LogP contribution in [0.2, 0.25) is 0 Å². The van der Waals surface area contributed by atoms with Crippen LogP contribution in [0.15, 0.2) is 78.9 Å². The molecule has 8 rings (SSSR count). The zero-order chi connectivity index (χ0) is 22.4. The summed E-state index contributed by atoms with van der Waals surface area (Å²) in [6.45, 7) is 3.37. The van der Waals surface area contributed by atoms with Gasteiger partial charge in [0.1, 0.15) is 6.54 Å². The molecule has 0 saturated carbocycles. The molecule has 8 aromatic rings. The number of nitrogens with zero attached hydrogens (tertiary/aromatic N) is 1. The highest BCUT2D eigenvalue weighted by Gasteiger charge is 2.28. The molecule has 0 fully saturated rings. The highest BCUT2D eigenvalue weighted by molar-refractivity contribution is 6.46. The van der Waals surface area contributed by atoms with E-state index in [1.54, 1.807) is 0 Å². The number of pyridine rings is 1. The Bertz CT molecular complexity index is 1860. The minimum absolute atomic E-state index is 1.07. The molecule has 34 heavy (non-hydrogen) atoms. The van der Waals surface area contributed by atoms with E-state index < -0.39 is 0 Å². The molecular weight excluding hydrogens is 410 g/mol. The minimum Gasteiger partial charge on any atom is -0.191 e. The number of fused-ring (bicyclic) bond motifs is 2. The first-order valence-electron chi connectivity index (χ1n) is 12.8. The predicted molar refractivity (Wildman–Crippen MR) is 147 cm³/mol. The fourth-order valence-corrected chi connectivity index (χ4v) is 6.85. The molecule has 162 valence electrons. The summed E-state index contributed by atoms with van der Waals surface area (Å²) in [7, 11) is 0. The van der Waals surface area contributed by atoms with E-state index in [-0.39, 0.29) is 0 Å². The second-order valence-electron chi connectivity index (χ2n) is 10.0. The van der Waals surface area contributed by atoms with Crippen LogP contribution in [0.25, 0.3) is 75.7 Å². The van der Waals surface area contributed by atoms with E-state index in [2.05, 4.69) is 90.4 Å². The Balaban J connectivity index is 1.70. The fourth-order valence-electron chi connectivity index (χ4n) is 6.85. The zero-order valence-electron chi connectivity index (χ0n) is 19.5. The second-order valence-corrected chi connectivity index (χ2v) is 10.0. The number of rotatable bonds is 5. The number of hydrogen-bond acceptors (Lipinski definition) is 0. The molecule has 1 heteroatoms.